The Kier molecular flexibility index (Phi) is 6.12. The van der Waals surface area contributed by atoms with E-state index in [2.05, 4.69) is 23.3 Å². The summed E-state index contributed by atoms with van der Waals surface area (Å²) < 4.78 is 12.9. The van der Waals surface area contributed by atoms with Crippen LogP contribution in [0.3, 0.4) is 0 Å². The van der Waals surface area contributed by atoms with Crippen LogP contribution in [0.4, 0.5) is 14.9 Å². The van der Waals surface area contributed by atoms with Crippen molar-refractivity contribution in [3.8, 4) is 0 Å². The molecular formula is C20H23ClFN3O. The lowest BCUT2D eigenvalue weighted by atomic mass is 10.0. The fraction of sp³-hybridized carbons (Fsp3) is 0.350. The van der Waals surface area contributed by atoms with Gasteiger partial charge in [0.1, 0.15) is 5.82 Å². The first-order valence-corrected chi connectivity index (χ1v) is 9.15. The summed E-state index contributed by atoms with van der Waals surface area (Å²) in [6.45, 7) is 2.25. The summed E-state index contributed by atoms with van der Waals surface area (Å²) in [5.41, 5.74) is 1.80. The average molecular weight is 376 g/mol. The Bertz CT molecular complexity index is 745. The van der Waals surface area contributed by atoms with E-state index in [0.717, 1.165) is 24.4 Å². The molecular weight excluding hydrogens is 353 g/mol. The van der Waals surface area contributed by atoms with Crippen molar-refractivity contribution in [2.75, 3.05) is 25.5 Å². The Hall–Kier alpha value is -2.11. The number of rotatable bonds is 4. The minimum atomic E-state index is -0.313. The topological polar surface area (TPSA) is 35.6 Å². The SMILES string of the molecule is CN(Cc1cccc(Cl)c1)C1CCN(C(=O)Nc2ccc(F)cc2)CC1. The van der Waals surface area contributed by atoms with E-state index < -0.39 is 0 Å². The van der Waals surface area contributed by atoms with Gasteiger partial charge in [-0.3, -0.25) is 4.90 Å². The molecule has 2 aromatic rings. The molecule has 0 spiro atoms. The molecule has 26 heavy (non-hydrogen) atoms. The summed E-state index contributed by atoms with van der Waals surface area (Å²) in [6, 6.07) is 14.0. The van der Waals surface area contributed by atoms with Crippen LogP contribution < -0.4 is 5.32 Å². The molecule has 1 N–H and O–H groups in total. The van der Waals surface area contributed by atoms with Crippen LogP contribution in [0.25, 0.3) is 0 Å². The van der Waals surface area contributed by atoms with Crippen LogP contribution in [-0.4, -0.2) is 42.0 Å². The van der Waals surface area contributed by atoms with Crippen LogP contribution in [0.5, 0.6) is 0 Å². The highest BCUT2D eigenvalue weighted by Crippen LogP contribution is 2.20. The molecule has 0 bridgehead atoms. The molecule has 0 aromatic heterocycles. The van der Waals surface area contributed by atoms with Crippen molar-refractivity contribution in [3.05, 3.63) is 64.9 Å². The van der Waals surface area contributed by atoms with Crippen LogP contribution in [-0.2, 0) is 6.54 Å². The molecule has 0 saturated carbocycles. The first-order chi connectivity index (χ1) is 12.5. The molecule has 0 atom stereocenters. The summed E-state index contributed by atoms with van der Waals surface area (Å²) >= 11 is 6.05. The smallest absolute Gasteiger partial charge is 0.321 e. The van der Waals surface area contributed by atoms with Gasteiger partial charge in [0.2, 0.25) is 0 Å². The lowest BCUT2D eigenvalue weighted by Gasteiger charge is -2.36. The maximum Gasteiger partial charge on any atom is 0.321 e. The minimum Gasteiger partial charge on any atom is -0.324 e. The van der Waals surface area contributed by atoms with E-state index in [1.54, 1.807) is 12.1 Å². The van der Waals surface area contributed by atoms with E-state index in [1.165, 1.54) is 17.7 Å². The number of hydrogen-bond donors (Lipinski definition) is 1. The third kappa shape index (κ3) is 4.96. The summed E-state index contributed by atoms with van der Waals surface area (Å²) in [7, 11) is 2.11. The maximum atomic E-state index is 12.9. The number of carbonyl (C=O) groups is 1. The van der Waals surface area contributed by atoms with E-state index in [-0.39, 0.29) is 11.8 Å². The number of urea groups is 1. The van der Waals surface area contributed by atoms with Gasteiger partial charge in [0, 0.05) is 36.4 Å². The van der Waals surface area contributed by atoms with Gasteiger partial charge in [-0.05, 0) is 61.9 Å². The summed E-state index contributed by atoms with van der Waals surface area (Å²) in [4.78, 5) is 16.5. The van der Waals surface area contributed by atoms with Gasteiger partial charge in [-0.1, -0.05) is 23.7 Å². The largest absolute Gasteiger partial charge is 0.324 e. The number of anilines is 1. The first kappa shape index (κ1) is 18.7. The standard InChI is InChI=1S/C20H23ClFN3O/c1-24(14-15-3-2-4-16(21)13-15)19-9-11-25(12-10-19)20(26)23-18-7-5-17(22)6-8-18/h2-8,13,19H,9-12,14H2,1H3,(H,23,26). The van der Waals surface area contributed by atoms with Gasteiger partial charge in [-0.25, -0.2) is 9.18 Å². The van der Waals surface area contributed by atoms with E-state index in [4.69, 9.17) is 11.6 Å². The van der Waals surface area contributed by atoms with Crippen LogP contribution in [0, 0.1) is 5.82 Å². The van der Waals surface area contributed by atoms with Gasteiger partial charge >= 0.3 is 6.03 Å². The zero-order chi connectivity index (χ0) is 18.5. The molecule has 0 radical (unpaired) electrons. The van der Waals surface area contributed by atoms with Crippen LogP contribution >= 0.6 is 11.6 Å². The Labute approximate surface area is 158 Å². The molecule has 3 rings (SSSR count). The van der Waals surface area contributed by atoms with Gasteiger partial charge in [0.25, 0.3) is 0 Å². The number of piperidine rings is 1. The third-order valence-corrected chi connectivity index (χ3v) is 5.03. The molecule has 2 aromatic carbocycles. The average Bonchev–Trinajstić information content (AvgIpc) is 2.64. The highest BCUT2D eigenvalue weighted by atomic mass is 35.5. The van der Waals surface area contributed by atoms with Crippen LogP contribution in [0.2, 0.25) is 5.02 Å². The first-order valence-electron chi connectivity index (χ1n) is 8.77. The van der Waals surface area contributed by atoms with Gasteiger partial charge < -0.3 is 10.2 Å². The predicted octanol–water partition coefficient (Wildman–Crippen LogP) is 4.61. The Morgan fingerprint density at radius 1 is 1.23 bits per heavy atom. The normalized spacial score (nSPS) is 15.3. The number of nitrogens with zero attached hydrogens (tertiary/aromatic N) is 2. The second-order valence-electron chi connectivity index (χ2n) is 6.70. The molecule has 6 heteroatoms. The minimum absolute atomic E-state index is 0.132. The Morgan fingerprint density at radius 3 is 2.58 bits per heavy atom. The van der Waals surface area contributed by atoms with Crippen molar-refractivity contribution in [2.45, 2.75) is 25.4 Å². The molecule has 0 unspecified atom stereocenters. The molecule has 0 aliphatic carbocycles. The van der Waals surface area contributed by atoms with Crippen molar-refractivity contribution in [1.82, 2.24) is 9.80 Å². The van der Waals surface area contributed by atoms with E-state index in [1.807, 2.05) is 23.1 Å². The molecule has 1 fully saturated rings. The molecule has 1 aliphatic heterocycles. The van der Waals surface area contributed by atoms with Crippen LogP contribution in [0.1, 0.15) is 18.4 Å². The number of carbonyl (C=O) groups excluding carboxylic acids is 1. The van der Waals surface area contributed by atoms with Crippen molar-refractivity contribution >= 4 is 23.3 Å². The van der Waals surface area contributed by atoms with Crippen molar-refractivity contribution in [3.63, 3.8) is 0 Å². The molecule has 1 aliphatic rings. The number of halogens is 2. The summed E-state index contributed by atoms with van der Waals surface area (Å²) in [6.07, 6.45) is 1.85. The number of hydrogen-bond acceptors (Lipinski definition) is 2. The zero-order valence-electron chi connectivity index (χ0n) is 14.8. The van der Waals surface area contributed by atoms with Crippen molar-refractivity contribution < 1.29 is 9.18 Å². The highest BCUT2D eigenvalue weighted by Gasteiger charge is 2.25. The number of benzene rings is 2. The lowest BCUT2D eigenvalue weighted by molar-refractivity contribution is 0.137. The third-order valence-electron chi connectivity index (χ3n) is 4.79. The van der Waals surface area contributed by atoms with Crippen molar-refractivity contribution in [2.24, 2.45) is 0 Å². The fourth-order valence-corrected chi connectivity index (χ4v) is 3.51. The van der Waals surface area contributed by atoms with Gasteiger partial charge in [-0.15, -0.1) is 0 Å². The van der Waals surface area contributed by atoms with Gasteiger partial charge in [0.05, 0.1) is 0 Å². The molecule has 1 heterocycles. The van der Waals surface area contributed by atoms with Gasteiger partial charge in [0.15, 0.2) is 0 Å². The van der Waals surface area contributed by atoms with Crippen LogP contribution in [0.15, 0.2) is 48.5 Å². The lowest BCUT2D eigenvalue weighted by Crippen LogP contribution is -2.46. The second kappa shape index (κ2) is 8.52. The van der Waals surface area contributed by atoms with E-state index in [0.29, 0.717) is 24.8 Å². The number of likely N-dealkylation sites (tertiary alicyclic amines) is 1. The number of amides is 2. The summed E-state index contributed by atoms with van der Waals surface area (Å²) in [5.74, 6) is -0.313. The quantitative estimate of drug-likeness (QED) is 0.847. The summed E-state index contributed by atoms with van der Waals surface area (Å²) in [5, 5.41) is 3.57. The van der Waals surface area contributed by atoms with E-state index >= 15 is 0 Å². The highest BCUT2D eigenvalue weighted by molar-refractivity contribution is 6.30. The molecule has 2 amide bonds. The predicted molar refractivity (Wildman–Crippen MR) is 103 cm³/mol. The second-order valence-corrected chi connectivity index (χ2v) is 7.14. The molecule has 4 nitrogen and oxygen atoms in total. The fourth-order valence-electron chi connectivity index (χ4n) is 3.30. The molecule has 1 saturated heterocycles. The maximum absolute atomic E-state index is 12.9. The number of nitrogens with one attached hydrogen (secondary N) is 1. The Morgan fingerprint density at radius 2 is 1.92 bits per heavy atom. The monoisotopic (exact) mass is 375 g/mol. The van der Waals surface area contributed by atoms with Crippen molar-refractivity contribution in [1.29, 1.82) is 0 Å². The molecule has 138 valence electrons. The zero-order valence-corrected chi connectivity index (χ0v) is 15.5. The van der Waals surface area contributed by atoms with E-state index in [9.17, 15) is 9.18 Å². The Balaban J connectivity index is 1.48. The van der Waals surface area contributed by atoms with Gasteiger partial charge in [-0.2, -0.15) is 0 Å².